The molecule has 150 valence electrons. The van der Waals surface area contributed by atoms with Crippen molar-refractivity contribution < 1.29 is 14.4 Å². The van der Waals surface area contributed by atoms with Gasteiger partial charge in [0.2, 0.25) is 11.8 Å². The minimum absolute atomic E-state index is 0.0274. The molecule has 28 heavy (non-hydrogen) atoms. The molecular weight excluding hydrogens is 356 g/mol. The number of piperidine rings is 1. The topological polar surface area (TPSA) is 73.3 Å². The van der Waals surface area contributed by atoms with Crippen LogP contribution in [0.5, 0.6) is 0 Å². The molecule has 0 unspecified atom stereocenters. The Kier molecular flexibility index (Phi) is 5.82. The summed E-state index contributed by atoms with van der Waals surface area (Å²) in [6.07, 6.45) is 1.95. The Morgan fingerprint density at radius 2 is 1.79 bits per heavy atom. The molecule has 0 radical (unpaired) electrons. The molecule has 2 aliphatic heterocycles. The molecular formula is C21H28N4O3. The van der Waals surface area contributed by atoms with Crippen LogP contribution in [-0.4, -0.2) is 60.4 Å². The number of hydrogen-bond acceptors (Lipinski definition) is 4. The summed E-state index contributed by atoms with van der Waals surface area (Å²) in [6, 6.07) is 5.86. The Bertz CT molecular complexity index is 823. The first kappa shape index (κ1) is 20.0. The van der Waals surface area contributed by atoms with Crippen molar-refractivity contribution in [3.8, 4) is 0 Å². The van der Waals surface area contributed by atoms with Crippen LogP contribution in [0.25, 0.3) is 0 Å². The van der Waals surface area contributed by atoms with Gasteiger partial charge < -0.3 is 9.80 Å². The van der Waals surface area contributed by atoms with Gasteiger partial charge in [0.15, 0.2) is 0 Å². The number of carbonyl (C=O) groups is 3. The Hall–Kier alpha value is -2.70. The summed E-state index contributed by atoms with van der Waals surface area (Å²) in [5.74, 6) is -0.131. The van der Waals surface area contributed by atoms with Crippen molar-refractivity contribution in [1.82, 2.24) is 9.80 Å². The molecule has 1 aromatic rings. The molecule has 2 aliphatic rings. The van der Waals surface area contributed by atoms with E-state index in [1.165, 1.54) is 5.01 Å². The normalized spacial score (nSPS) is 18.1. The fraction of sp³-hybridized carbons (Fsp3) is 0.524. The highest BCUT2D eigenvalue weighted by Crippen LogP contribution is 2.26. The number of hydrazone groups is 1. The lowest BCUT2D eigenvalue weighted by atomic mass is 9.95. The van der Waals surface area contributed by atoms with E-state index in [1.807, 2.05) is 32.0 Å². The molecule has 7 heteroatoms. The van der Waals surface area contributed by atoms with E-state index in [9.17, 15) is 14.4 Å². The summed E-state index contributed by atoms with van der Waals surface area (Å²) in [5.41, 5.74) is 3.12. The van der Waals surface area contributed by atoms with E-state index in [-0.39, 0.29) is 30.1 Å². The number of aryl methyl sites for hydroxylation is 2. The van der Waals surface area contributed by atoms with E-state index in [0.717, 1.165) is 16.8 Å². The van der Waals surface area contributed by atoms with E-state index < -0.39 is 0 Å². The highest BCUT2D eigenvalue weighted by Gasteiger charge is 2.32. The van der Waals surface area contributed by atoms with Crippen LogP contribution in [0.3, 0.4) is 0 Å². The molecule has 0 saturated carbocycles. The smallest absolute Gasteiger partial charge is 0.270 e. The molecule has 0 N–H and O–H groups in total. The third-order valence-corrected chi connectivity index (χ3v) is 5.44. The van der Waals surface area contributed by atoms with Crippen molar-refractivity contribution in [1.29, 1.82) is 0 Å². The number of anilines is 1. The maximum absolute atomic E-state index is 13.0. The third kappa shape index (κ3) is 4.08. The number of likely N-dealkylation sites (tertiary alicyclic amines) is 1. The first-order chi connectivity index (χ1) is 13.3. The standard InChI is InChI=1S/C21H28N4O3/c1-14-5-6-15(2)18(13-14)25-19(26)8-7-17(22-25)21(28)24-11-9-16(10-12-24)20(27)23(3)4/h5-6,13,16H,7-12H2,1-4H3. The Morgan fingerprint density at radius 3 is 2.43 bits per heavy atom. The van der Waals surface area contributed by atoms with Crippen LogP contribution < -0.4 is 5.01 Å². The van der Waals surface area contributed by atoms with Gasteiger partial charge in [-0.2, -0.15) is 5.10 Å². The van der Waals surface area contributed by atoms with E-state index in [2.05, 4.69) is 5.10 Å². The Morgan fingerprint density at radius 1 is 1.11 bits per heavy atom. The predicted molar refractivity (Wildman–Crippen MR) is 108 cm³/mol. The van der Waals surface area contributed by atoms with Crippen molar-refractivity contribution in [3.63, 3.8) is 0 Å². The van der Waals surface area contributed by atoms with Gasteiger partial charge in [0.25, 0.3) is 5.91 Å². The van der Waals surface area contributed by atoms with Gasteiger partial charge >= 0.3 is 0 Å². The molecule has 3 rings (SSSR count). The van der Waals surface area contributed by atoms with Crippen molar-refractivity contribution >= 4 is 29.1 Å². The van der Waals surface area contributed by atoms with Gasteiger partial charge in [0, 0.05) is 45.9 Å². The Labute approximate surface area is 166 Å². The summed E-state index contributed by atoms with van der Waals surface area (Å²) < 4.78 is 0. The first-order valence-corrected chi connectivity index (χ1v) is 9.76. The second kappa shape index (κ2) is 8.12. The van der Waals surface area contributed by atoms with Gasteiger partial charge in [-0.05, 0) is 43.9 Å². The predicted octanol–water partition coefficient (Wildman–Crippen LogP) is 2.11. The number of amides is 3. The summed E-state index contributed by atoms with van der Waals surface area (Å²) in [4.78, 5) is 40.9. The minimum atomic E-state index is -0.126. The van der Waals surface area contributed by atoms with Gasteiger partial charge in [0.1, 0.15) is 5.71 Å². The average Bonchev–Trinajstić information content (AvgIpc) is 2.69. The van der Waals surface area contributed by atoms with Gasteiger partial charge in [-0.15, -0.1) is 0 Å². The molecule has 1 saturated heterocycles. The molecule has 0 atom stereocenters. The van der Waals surface area contributed by atoms with Crippen LogP contribution in [0.1, 0.15) is 36.8 Å². The molecule has 7 nitrogen and oxygen atoms in total. The number of nitrogens with zero attached hydrogens (tertiary/aromatic N) is 4. The highest BCUT2D eigenvalue weighted by molar-refractivity contribution is 6.40. The minimum Gasteiger partial charge on any atom is -0.349 e. The van der Waals surface area contributed by atoms with E-state index in [1.54, 1.807) is 23.9 Å². The van der Waals surface area contributed by atoms with Crippen molar-refractivity contribution in [2.75, 3.05) is 32.2 Å². The first-order valence-electron chi connectivity index (χ1n) is 9.76. The lowest BCUT2D eigenvalue weighted by molar-refractivity contribution is -0.136. The molecule has 0 spiro atoms. The van der Waals surface area contributed by atoms with Crippen LogP contribution in [0, 0.1) is 19.8 Å². The fourth-order valence-corrected chi connectivity index (χ4v) is 3.72. The lowest BCUT2D eigenvalue weighted by Gasteiger charge is -2.33. The number of benzene rings is 1. The molecule has 3 amide bonds. The maximum Gasteiger partial charge on any atom is 0.270 e. The second-order valence-corrected chi connectivity index (χ2v) is 7.84. The number of hydrogen-bond donors (Lipinski definition) is 0. The fourth-order valence-electron chi connectivity index (χ4n) is 3.72. The molecule has 0 aromatic heterocycles. The van der Waals surface area contributed by atoms with Crippen molar-refractivity contribution in [3.05, 3.63) is 29.3 Å². The zero-order valence-electron chi connectivity index (χ0n) is 17.1. The van der Waals surface area contributed by atoms with Crippen LogP contribution >= 0.6 is 0 Å². The molecule has 0 bridgehead atoms. The van der Waals surface area contributed by atoms with Gasteiger partial charge in [0.05, 0.1) is 5.69 Å². The molecule has 1 aromatic carbocycles. The summed E-state index contributed by atoms with van der Waals surface area (Å²) in [6.45, 7) is 4.98. The molecule has 0 aliphatic carbocycles. The zero-order chi connectivity index (χ0) is 20.4. The monoisotopic (exact) mass is 384 g/mol. The van der Waals surface area contributed by atoms with Crippen LogP contribution in [0.4, 0.5) is 5.69 Å². The molecule has 1 fully saturated rings. The largest absolute Gasteiger partial charge is 0.349 e. The van der Waals surface area contributed by atoms with Crippen LogP contribution in [0.2, 0.25) is 0 Å². The van der Waals surface area contributed by atoms with E-state index in [0.29, 0.717) is 38.1 Å². The summed E-state index contributed by atoms with van der Waals surface area (Å²) in [7, 11) is 3.52. The number of rotatable bonds is 3. The van der Waals surface area contributed by atoms with Crippen LogP contribution in [0.15, 0.2) is 23.3 Å². The van der Waals surface area contributed by atoms with Crippen LogP contribution in [-0.2, 0) is 14.4 Å². The molecule has 2 heterocycles. The highest BCUT2D eigenvalue weighted by atomic mass is 16.2. The summed E-state index contributed by atoms with van der Waals surface area (Å²) in [5, 5.41) is 5.80. The SMILES string of the molecule is Cc1ccc(C)c(N2N=C(C(=O)N3CCC(C(=O)N(C)C)CC3)CCC2=O)c1. The van der Waals surface area contributed by atoms with Crippen molar-refractivity contribution in [2.45, 2.75) is 39.5 Å². The van der Waals surface area contributed by atoms with E-state index >= 15 is 0 Å². The summed E-state index contributed by atoms with van der Waals surface area (Å²) >= 11 is 0. The van der Waals surface area contributed by atoms with E-state index in [4.69, 9.17) is 0 Å². The second-order valence-electron chi connectivity index (χ2n) is 7.84. The quantitative estimate of drug-likeness (QED) is 0.801. The lowest BCUT2D eigenvalue weighted by Crippen LogP contribution is -2.46. The Balaban J connectivity index is 1.74. The van der Waals surface area contributed by atoms with Crippen molar-refractivity contribution in [2.24, 2.45) is 11.0 Å². The van der Waals surface area contributed by atoms with Gasteiger partial charge in [-0.3, -0.25) is 14.4 Å². The average molecular weight is 384 g/mol. The third-order valence-electron chi connectivity index (χ3n) is 5.44. The van der Waals surface area contributed by atoms with Gasteiger partial charge in [-0.25, -0.2) is 5.01 Å². The maximum atomic E-state index is 13.0. The zero-order valence-corrected chi connectivity index (χ0v) is 17.1. The number of carbonyl (C=O) groups excluding carboxylic acids is 3. The van der Waals surface area contributed by atoms with Gasteiger partial charge in [-0.1, -0.05) is 12.1 Å².